The Morgan fingerprint density at radius 1 is 1.53 bits per heavy atom. The second kappa shape index (κ2) is 6.99. The highest BCUT2D eigenvalue weighted by molar-refractivity contribution is 7.10. The molecule has 0 spiro atoms. The standard InChI is InChI=1S/C12H18N2OS.ClH/c1-14(10-4-6-13-7-5-10)12(15)9-11-3-2-8-16-11;/h2-3,8,10,13H,4-7,9H2,1H3;1H. The predicted molar refractivity (Wildman–Crippen MR) is 73.9 cm³/mol. The maximum absolute atomic E-state index is 12.0. The van der Waals surface area contributed by atoms with Crippen LogP contribution in [0.25, 0.3) is 0 Å². The Hall–Kier alpha value is -0.580. The lowest BCUT2D eigenvalue weighted by Gasteiger charge is -2.31. The summed E-state index contributed by atoms with van der Waals surface area (Å²) in [4.78, 5) is 15.1. The van der Waals surface area contributed by atoms with Crippen LogP contribution in [-0.2, 0) is 11.2 Å². The molecular formula is C12H19ClN2OS. The molecule has 0 aliphatic carbocycles. The van der Waals surface area contributed by atoms with Crippen LogP contribution in [0.1, 0.15) is 17.7 Å². The van der Waals surface area contributed by atoms with Gasteiger partial charge >= 0.3 is 0 Å². The summed E-state index contributed by atoms with van der Waals surface area (Å²) in [6, 6.07) is 4.45. The van der Waals surface area contributed by atoms with Gasteiger partial charge in [-0.15, -0.1) is 23.7 Å². The average molecular weight is 275 g/mol. The molecule has 1 saturated heterocycles. The molecular weight excluding hydrogens is 256 g/mol. The van der Waals surface area contributed by atoms with Crippen molar-refractivity contribution in [1.29, 1.82) is 0 Å². The fourth-order valence-electron chi connectivity index (χ4n) is 2.08. The fraction of sp³-hybridized carbons (Fsp3) is 0.583. The minimum atomic E-state index is 0. The van der Waals surface area contributed by atoms with Crippen molar-refractivity contribution in [3.63, 3.8) is 0 Å². The monoisotopic (exact) mass is 274 g/mol. The van der Waals surface area contributed by atoms with Crippen LogP contribution in [-0.4, -0.2) is 37.0 Å². The van der Waals surface area contributed by atoms with Gasteiger partial charge in [-0.1, -0.05) is 6.07 Å². The van der Waals surface area contributed by atoms with Crippen molar-refractivity contribution < 1.29 is 4.79 Å². The van der Waals surface area contributed by atoms with E-state index < -0.39 is 0 Å². The van der Waals surface area contributed by atoms with Gasteiger partial charge in [-0.05, 0) is 37.4 Å². The number of piperidine rings is 1. The van der Waals surface area contributed by atoms with Gasteiger partial charge in [0.15, 0.2) is 0 Å². The van der Waals surface area contributed by atoms with E-state index in [1.54, 1.807) is 11.3 Å². The van der Waals surface area contributed by atoms with Crippen molar-refractivity contribution in [2.45, 2.75) is 25.3 Å². The highest BCUT2D eigenvalue weighted by Gasteiger charge is 2.21. The smallest absolute Gasteiger partial charge is 0.227 e. The average Bonchev–Trinajstić information content (AvgIpc) is 2.82. The van der Waals surface area contributed by atoms with Crippen LogP contribution in [0.4, 0.5) is 0 Å². The van der Waals surface area contributed by atoms with Gasteiger partial charge in [0.05, 0.1) is 6.42 Å². The van der Waals surface area contributed by atoms with E-state index in [-0.39, 0.29) is 18.3 Å². The second-order valence-corrected chi connectivity index (χ2v) is 5.27. The lowest BCUT2D eigenvalue weighted by molar-refractivity contribution is -0.131. The summed E-state index contributed by atoms with van der Waals surface area (Å²) in [5.74, 6) is 0.245. The van der Waals surface area contributed by atoms with Crippen molar-refractivity contribution in [3.8, 4) is 0 Å². The Morgan fingerprint density at radius 3 is 2.82 bits per heavy atom. The van der Waals surface area contributed by atoms with Gasteiger partial charge in [0.1, 0.15) is 0 Å². The van der Waals surface area contributed by atoms with E-state index >= 15 is 0 Å². The largest absolute Gasteiger partial charge is 0.342 e. The number of likely N-dealkylation sites (N-methyl/N-ethyl adjacent to an activating group) is 1. The molecule has 0 unspecified atom stereocenters. The number of hydrogen-bond donors (Lipinski definition) is 1. The molecule has 0 bridgehead atoms. The Labute approximate surface area is 113 Å². The first-order valence-corrected chi connectivity index (χ1v) is 6.64. The molecule has 3 nitrogen and oxygen atoms in total. The summed E-state index contributed by atoms with van der Waals surface area (Å²) in [6.07, 6.45) is 2.71. The molecule has 0 aromatic carbocycles. The van der Waals surface area contributed by atoms with E-state index in [0.717, 1.165) is 30.8 Å². The molecule has 96 valence electrons. The van der Waals surface area contributed by atoms with Gasteiger partial charge in [0, 0.05) is 18.0 Å². The predicted octanol–water partition coefficient (Wildman–Crippen LogP) is 1.92. The van der Waals surface area contributed by atoms with E-state index in [1.807, 2.05) is 29.5 Å². The van der Waals surface area contributed by atoms with Crippen molar-refractivity contribution in [2.24, 2.45) is 0 Å². The number of nitrogens with one attached hydrogen (secondary N) is 1. The van der Waals surface area contributed by atoms with Crippen LogP contribution in [0.2, 0.25) is 0 Å². The molecule has 1 aromatic rings. The minimum Gasteiger partial charge on any atom is -0.342 e. The SMILES string of the molecule is CN(C(=O)Cc1cccs1)C1CCNCC1.Cl. The van der Waals surface area contributed by atoms with Gasteiger partial charge < -0.3 is 10.2 Å². The van der Waals surface area contributed by atoms with Crippen molar-refractivity contribution in [3.05, 3.63) is 22.4 Å². The first-order valence-electron chi connectivity index (χ1n) is 5.76. The fourth-order valence-corrected chi connectivity index (χ4v) is 2.78. The summed E-state index contributed by atoms with van der Waals surface area (Å²) in [5.41, 5.74) is 0. The molecule has 0 saturated carbocycles. The third-order valence-corrected chi connectivity index (χ3v) is 4.03. The summed E-state index contributed by atoms with van der Waals surface area (Å²) in [7, 11) is 1.94. The number of carbonyl (C=O) groups is 1. The van der Waals surface area contributed by atoms with Crippen LogP contribution in [0, 0.1) is 0 Å². The number of nitrogens with zero attached hydrogens (tertiary/aromatic N) is 1. The minimum absolute atomic E-state index is 0. The summed E-state index contributed by atoms with van der Waals surface area (Å²) in [6.45, 7) is 2.06. The van der Waals surface area contributed by atoms with E-state index in [2.05, 4.69) is 5.32 Å². The molecule has 5 heteroatoms. The number of carbonyl (C=O) groups excluding carboxylic acids is 1. The third kappa shape index (κ3) is 3.98. The zero-order valence-corrected chi connectivity index (χ0v) is 11.6. The summed E-state index contributed by atoms with van der Waals surface area (Å²) in [5, 5.41) is 5.34. The molecule has 17 heavy (non-hydrogen) atoms. The molecule has 2 heterocycles. The first kappa shape index (κ1) is 14.5. The van der Waals surface area contributed by atoms with Gasteiger partial charge in [0.2, 0.25) is 5.91 Å². The Kier molecular flexibility index (Phi) is 5.95. The molecule has 1 aliphatic heterocycles. The second-order valence-electron chi connectivity index (χ2n) is 4.24. The number of amides is 1. The zero-order valence-electron chi connectivity index (χ0n) is 10.0. The molecule has 2 rings (SSSR count). The topological polar surface area (TPSA) is 32.3 Å². The van der Waals surface area contributed by atoms with Gasteiger partial charge in [0.25, 0.3) is 0 Å². The molecule has 0 radical (unpaired) electrons. The van der Waals surface area contributed by atoms with Crippen molar-refractivity contribution >= 4 is 29.7 Å². The van der Waals surface area contributed by atoms with Crippen LogP contribution in [0.5, 0.6) is 0 Å². The van der Waals surface area contributed by atoms with E-state index in [4.69, 9.17) is 0 Å². The van der Waals surface area contributed by atoms with Gasteiger partial charge in [-0.3, -0.25) is 4.79 Å². The van der Waals surface area contributed by atoms with Gasteiger partial charge in [-0.25, -0.2) is 0 Å². The van der Waals surface area contributed by atoms with E-state index in [0.29, 0.717) is 12.5 Å². The first-order chi connectivity index (χ1) is 7.77. The van der Waals surface area contributed by atoms with E-state index in [1.165, 1.54) is 0 Å². The normalized spacial score (nSPS) is 16.3. The molecule has 1 N–H and O–H groups in total. The summed E-state index contributed by atoms with van der Waals surface area (Å²) >= 11 is 1.66. The number of rotatable bonds is 3. The Bertz CT molecular complexity index is 336. The highest BCUT2D eigenvalue weighted by Crippen LogP contribution is 2.14. The quantitative estimate of drug-likeness (QED) is 0.913. The molecule has 1 fully saturated rings. The number of thiophene rings is 1. The van der Waals surface area contributed by atoms with Crippen molar-refractivity contribution in [2.75, 3.05) is 20.1 Å². The van der Waals surface area contributed by atoms with Crippen LogP contribution in [0.3, 0.4) is 0 Å². The molecule has 1 amide bonds. The van der Waals surface area contributed by atoms with Gasteiger partial charge in [-0.2, -0.15) is 0 Å². The Morgan fingerprint density at radius 2 is 2.24 bits per heavy atom. The lowest BCUT2D eigenvalue weighted by atomic mass is 10.1. The molecule has 1 aromatic heterocycles. The van der Waals surface area contributed by atoms with Crippen LogP contribution in [0.15, 0.2) is 17.5 Å². The molecule has 1 aliphatic rings. The molecule has 0 atom stereocenters. The Balaban J connectivity index is 0.00000144. The maximum atomic E-state index is 12.0. The maximum Gasteiger partial charge on any atom is 0.227 e. The van der Waals surface area contributed by atoms with Crippen LogP contribution >= 0.6 is 23.7 Å². The van der Waals surface area contributed by atoms with Crippen molar-refractivity contribution in [1.82, 2.24) is 10.2 Å². The zero-order chi connectivity index (χ0) is 11.4. The number of hydrogen-bond acceptors (Lipinski definition) is 3. The lowest BCUT2D eigenvalue weighted by Crippen LogP contribution is -2.44. The summed E-state index contributed by atoms with van der Waals surface area (Å²) < 4.78 is 0. The third-order valence-electron chi connectivity index (χ3n) is 3.16. The number of halogens is 1. The van der Waals surface area contributed by atoms with E-state index in [9.17, 15) is 4.79 Å². The van der Waals surface area contributed by atoms with Crippen LogP contribution < -0.4 is 5.32 Å². The highest BCUT2D eigenvalue weighted by atomic mass is 35.5.